The molecule has 0 aliphatic carbocycles. The summed E-state index contributed by atoms with van der Waals surface area (Å²) in [7, 11) is 0. The molecule has 0 saturated heterocycles. The zero-order valence-electron chi connectivity index (χ0n) is 10.2. The molecule has 0 spiro atoms. The fourth-order valence-electron chi connectivity index (χ4n) is 1.57. The second-order valence-corrected chi connectivity index (χ2v) is 4.80. The Balaban J connectivity index is 1.98. The lowest BCUT2D eigenvalue weighted by atomic mass is 10.2. The van der Waals surface area contributed by atoms with Crippen molar-refractivity contribution in [1.29, 1.82) is 0 Å². The average molecular weight is 261 g/mol. The molecule has 1 N–H and O–H groups in total. The van der Waals surface area contributed by atoms with Crippen molar-refractivity contribution in [1.82, 2.24) is 9.59 Å². The Morgan fingerprint density at radius 2 is 2.11 bits per heavy atom. The number of carbonyl (C=O) groups excluding carboxylic acids is 1. The van der Waals surface area contributed by atoms with Crippen LogP contribution in [-0.4, -0.2) is 15.5 Å². The van der Waals surface area contributed by atoms with Crippen LogP contribution in [0.1, 0.15) is 26.2 Å². The quantitative estimate of drug-likeness (QED) is 0.898. The first-order valence-corrected chi connectivity index (χ1v) is 6.74. The number of hydrogen-bond donors (Lipinski definition) is 1. The van der Waals surface area contributed by atoms with Gasteiger partial charge in [0.1, 0.15) is 0 Å². The molecule has 1 aromatic heterocycles. The van der Waals surface area contributed by atoms with Gasteiger partial charge in [0.05, 0.1) is 11.1 Å². The summed E-state index contributed by atoms with van der Waals surface area (Å²) in [6.45, 7) is 2.07. The summed E-state index contributed by atoms with van der Waals surface area (Å²) in [5.74, 6) is 0.0732. The molecule has 0 saturated carbocycles. The van der Waals surface area contributed by atoms with Crippen LogP contribution < -0.4 is 5.32 Å². The lowest BCUT2D eigenvalue weighted by Gasteiger charge is -2.05. The van der Waals surface area contributed by atoms with E-state index in [0.717, 1.165) is 29.0 Å². The summed E-state index contributed by atoms with van der Waals surface area (Å²) in [5.41, 5.74) is 1.90. The van der Waals surface area contributed by atoms with Gasteiger partial charge >= 0.3 is 0 Å². The predicted octanol–water partition coefficient (Wildman–Crippen LogP) is 3.33. The van der Waals surface area contributed by atoms with Crippen molar-refractivity contribution in [2.45, 2.75) is 26.2 Å². The van der Waals surface area contributed by atoms with E-state index in [1.54, 1.807) is 6.20 Å². The SMILES string of the molecule is CCCCC(=O)Nc1ccc(-c2cnns2)cc1. The van der Waals surface area contributed by atoms with Crippen LogP contribution in [0.5, 0.6) is 0 Å². The number of rotatable bonds is 5. The van der Waals surface area contributed by atoms with E-state index >= 15 is 0 Å². The average Bonchev–Trinajstić information content (AvgIpc) is 2.91. The highest BCUT2D eigenvalue weighted by atomic mass is 32.1. The topological polar surface area (TPSA) is 54.9 Å². The van der Waals surface area contributed by atoms with E-state index in [4.69, 9.17) is 0 Å². The summed E-state index contributed by atoms with van der Waals surface area (Å²) < 4.78 is 3.83. The normalized spacial score (nSPS) is 10.3. The van der Waals surface area contributed by atoms with Crippen molar-refractivity contribution in [2.75, 3.05) is 5.32 Å². The monoisotopic (exact) mass is 261 g/mol. The molecule has 0 aliphatic rings. The Kier molecular flexibility index (Phi) is 4.41. The maximum atomic E-state index is 11.6. The Labute approximate surface area is 110 Å². The van der Waals surface area contributed by atoms with Gasteiger partial charge in [-0.15, -0.1) is 5.10 Å². The van der Waals surface area contributed by atoms with Crippen LogP contribution >= 0.6 is 11.5 Å². The molecule has 2 aromatic rings. The van der Waals surface area contributed by atoms with Crippen molar-refractivity contribution < 1.29 is 4.79 Å². The Morgan fingerprint density at radius 3 is 2.72 bits per heavy atom. The third-order valence-electron chi connectivity index (χ3n) is 2.57. The minimum Gasteiger partial charge on any atom is -0.326 e. The van der Waals surface area contributed by atoms with Gasteiger partial charge in [-0.25, -0.2) is 0 Å². The lowest BCUT2D eigenvalue weighted by molar-refractivity contribution is -0.116. The molecule has 5 heteroatoms. The molecule has 1 amide bonds. The summed E-state index contributed by atoms with van der Waals surface area (Å²) in [6, 6.07) is 7.73. The van der Waals surface area contributed by atoms with E-state index in [-0.39, 0.29) is 5.91 Å². The van der Waals surface area contributed by atoms with Crippen LogP contribution in [-0.2, 0) is 4.79 Å². The molecule has 1 aromatic carbocycles. The van der Waals surface area contributed by atoms with Crippen molar-refractivity contribution in [3.05, 3.63) is 30.5 Å². The van der Waals surface area contributed by atoms with Crippen LogP contribution in [0, 0.1) is 0 Å². The minimum absolute atomic E-state index is 0.0732. The molecule has 0 fully saturated rings. The van der Waals surface area contributed by atoms with Gasteiger partial charge in [0.25, 0.3) is 0 Å². The number of aromatic nitrogens is 2. The number of unbranched alkanes of at least 4 members (excludes halogenated alkanes) is 1. The number of anilines is 1. The molecule has 0 radical (unpaired) electrons. The van der Waals surface area contributed by atoms with Gasteiger partial charge < -0.3 is 5.32 Å². The van der Waals surface area contributed by atoms with Gasteiger partial charge in [0.15, 0.2) is 0 Å². The van der Waals surface area contributed by atoms with Crippen LogP contribution in [0.25, 0.3) is 10.4 Å². The second-order valence-electron chi connectivity index (χ2n) is 4.01. The summed E-state index contributed by atoms with van der Waals surface area (Å²) in [5, 5.41) is 6.68. The number of amides is 1. The highest BCUT2D eigenvalue weighted by Crippen LogP contribution is 2.23. The molecule has 18 heavy (non-hydrogen) atoms. The second kappa shape index (κ2) is 6.26. The molecule has 4 nitrogen and oxygen atoms in total. The standard InChI is InChI=1S/C13H15N3OS/c1-2-3-4-13(17)15-11-7-5-10(6-8-11)12-9-14-16-18-12/h5-9H,2-4H2,1H3,(H,15,17). The highest BCUT2D eigenvalue weighted by molar-refractivity contribution is 7.09. The zero-order chi connectivity index (χ0) is 12.8. The first kappa shape index (κ1) is 12.7. The van der Waals surface area contributed by atoms with E-state index in [9.17, 15) is 4.79 Å². The van der Waals surface area contributed by atoms with Crippen molar-refractivity contribution in [3.63, 3.8) is 0 Å². The minimum atomic E-state index is 0.0732. The van der Waals surface area contributed by atoms with Crippen LogP contribution in [0.4, 0.5) is 5.69 Å². The fourth-order valence-corrected chi connectivity index (χ4v) is 2.09. The number of hydrogen-bond acceptors (Lipinski definition) is 4. The molecule has 2 rings (SSSR count). The molecule has 94 valence electrons. The van der Waals surface area contributed by atoms with Crippen molar-refractivity contribution >= 4 is 23.1 Å². The summed E-state index contributed by atoms with van der Waals surface area (Å²) in [4.78, 5) is 12.6. The van der Waals surface area contributed by atoms with Gasteiger partial charge in [-0.1, -0.05) is 30.0 Å². The van der Waals surface area contributed by atoms with E-state index in [0.29, 0.717) is 6.42 Å². The van der Waals surface area contributed by atoms with Crippen molar-refractivity contribution in [2.24, 2.45) is 0 Å². The van der Waals surface area contributed by atoms with Crippen LogP contribution in [0.15, 0.2) is 30.5 Å². The highest BCUT2D eigenvalue weighted by Gasteiger charge is 2.03. The van der Waals surface area contributed by atoms with Gasteiger partial charge in [0, 0.05) is 12.1 Å². The zero-order valence-corrected chi connectivity index (χ0v) is 11.0. The molecule has 0 bridgehead atoms. The predicted molar refractivity (Wildman–Crippen MR) is 73.5 cm³/mol. The molecular weight excluding hydrogens is 246 g/mol. The summed E-state index contributed by atoms with van der Waals surface area (Å²) in [6.07, 6.45) is 4.28. The van der Waals surface area contributed by atoms with Crippen LogP contribution in [0.2, 0.25) is 0 Å². The largest absolute Gasteiger partial charge is 0.326 e. The molecule has 0 unspecified atom stereocenters. The number of benzene rings is 1. The van der Waals surface area contributed by atoms with Crippen LogP contribution in [0.3, 0.4) is 0 Å². The van der Waals surface area contributed by atoms with Gasteiger partial charge in [0.2, 0.25) is 5.91 Å². The maximum Gasteiger partial charge on any atom is 0.224 e. The Hall–Kier alpha value is -1.75. The maximum absolute atomic E-state index is 11.6. The Morgan fingerprint density at radius 1 is 1.33 bits per heavy atom. The Bertz CT molecular complexity index is 493. The van der Waals surface area contributed by atoms with Gasteiger partial charge in [-0.3, -0.25) is 4.79 Å². The van der Waals surface area contributed by atoms with E-state index in [1.807, 2.05) is 24.3 Å². The smallest absolute Gasteiger partial charge is 0.224 e. The first-order chi connectivity index (χ1) is 8.79. The van der Waals surface area contributed by atoms with E-state index in [2.05, 4.69) is 21.8 Å². The third kappa shape index (κ3) is 3.37. The number of carbonyl (C=O) groups is 1. The molecular formula is C13H15N3OS. The molecule has 1 heterocycles. The summed E-state index contributed by atoms with van der Waals surface area (Å²) >= 11 is 1.36. The number of nitrogens with one attached hydrogen (secondary N) is 1. The number of nitrogens with zero attached hydrogens (tertiary/aromatic N) is 2. The molecule has 0 atom stereocenters. The first-order valence-electron chi connectivity index (χ1n) is 5.97. The molecule has 0 aliphatic heterocycles. The van der Waals surface area contributed by atoms with E-state index in [1.165, 1.54) is 11.5 Å². The van der Waals surface area contributed by atoms with E-state index < -0.39 is 0 Å². The lowest BCUT2D eigenvalue weighted by Crippen LogP contribution is -2.10. The third-order valence-corrected chi connectivity index (χ3v) is 3.29. The van der Waals surface area contributed by atoms with Gasteiger partial charge in [-0.05, 0) is 35.6 Å². The fraction of sp³-hybridized carbons (Fsp3) is 0.308. The van der Waals surface area contributed by atoms with Gasteiger partial charge in [-0.2, -0.15) is 0 Å². The van der Waals surface area contributed by atoms with Crippen molar-refractivity contribution in [3.8, 4) is 10.4 Å².